The lowest BCUT2D eigenvalue weighted by Crippen LogP contribution is -2.47. The molecule has 92 valence electrons. The standard InChI is InChI=1S/C13H24N2O/c14-12-8-5-9-15(10-12)13(16)11-6-3-1-2-4-7-11/h11-12H,1-10,14H2. The second-order valence-corrected chi connectivity index (χ2v) is 5.38. The summed E-state index contributed by atoms with van der Waals surface area (Å²) in [6, 6.07) is 0.212. The molecular weight excluding hydrogens is 200 g/mol. The number of piperidine rings is 1. The fourth-order valence-corrected chi connectivity index (χ4v) is 2.99. The van der Waals surface area contributed by atoms with Crippen molar-refractivity contribution in [1.82, 2.24) is 4.90 Å². The maximum absolute atomic E-state index is 12.3. The molecule has 1 atom stereocenters. The number of carbonyl (C=O) groups excluding carboxylic acids is 1. The van der Waals surface area contributed by atoms with Crippen LogP contribution in [0.2, 0.25) is 0 Å². The molecule has 3 nitrogen and oxygen atoms in total. The van der Waals surface area contributed by atoms with Gasteiger partial charge in [-0.2, -0.15) is 0 Å². The van der Waals surface area contributed by atoms with Crippen molar-refractivity contribution in [2.24, 2.45) is 11.7 Å². The highest BCUT2D eigenvalue weighted by molar-refractivity contribution is 5.79. The third-order valence-electron chi connectivity index (χ3n) is 3.97. The van der Waals surface area contributed by atoms with Crippen LogP contribution in [0.15, 0.2) is 0 Å². The molecule has 1 heterocycles. The second-order valence-electron chi connectivity index (χ2n) is 5.38. The smallest absolute Gasteiger partial charge is 0.225 e. The fourth-order valence-electron chi connectivity index (χ4n) is 2.99. The predicted octanol–water partition coefficient (Wildman–Crippen LogP) is 1.91. The number of rotatable bonds is 1. The summed E-state index contributed by atoms with van der Waals surface area (Å²) in [5.41, 5.74) is 5.93. The molecule has 1 aliphatic heterocycles. The van der Waals surface area contributed by atoms with Gasteiger partial charge in [0, 0.05) is 25.0 Å². The van der Waals surface area contributed by atoms with Gasteiger partial charge in [0.1, 0.15) is 0 Å². The maximum atomic E-state index is 12.3. The van der Waals surface area contributed by atoms with Crippen molar-refractivity contribution in [2.75, 3.05) is 13.1 Å². The Kier molecular flexibility index (Phi) is 4.22. The predicted molar refractivity (Wildman–Crippen MR) is 65.0 cm³/mol. The number of carbonyl (C=O) groups is 1. The Morgan fingerprint density at radius 3 is 2.31 bits per heavy atom. The Morgan fingerprint density at radius 2 is 1.69 bits per heavy atom. The van der Waals surface area contributed by atoms with Crippen molar-refractivity contribution in [1.29, 1.82) is 0 Å². The van der Waals surface area contributed by atoms with Crippen LogP contribution < -0.4 is 5.73 Å². The van der Waals surface area contributed by atoms with Gasteiger partial charge in [-0.1, -0.05) is 25.7 Å². The van der Waals surface area contributed by atoms with Crippen LogP contribution in [0.4, 0.5) is 0 Å². The van der Waals surface area contributed by atoms with Crippen LogP contribution in [-0.4, -0.2) is 29.9 Å². The van der Waals surface area contributed by atoms with Crippen molar-refractivity contribution in [2.45, 2.75) is 57.4 Å². The van der Waals surface area contributed by atoms with Crippen LogP contribution in [0.5, 0.6) is 0 Å². The summed E-state index contributed by atoms with van der Waals surface area (Å²) in [4.78, 5) is 14.3. The summed E-state index contributed by atoms with van der Waals surface area (Å²) in [7, 11) is 0. The summed E-state index contributed by atoms with van der Waals surface area (Å²) < 4.78 is 0. The van der Waals surface area contributed by atoms with Gasteiger partial charge in [-0.25, -0.2) is 0 Å². The number of nitrogens with zero attached hydrogens (tertiary/aromatic N) is 1. The van der Waals surface area contributed by atoms with E-state index in [0.29, 0.717) is 11.8 Å². The zero-order chi connectivity index (χ0) is 11.4. The maximum Gasteiger partial charge on any atom is 0.225 e. The van der Waals surface area contributed by atoms with Crippen molar-refractivity contribution < 1.29 is 4.79 Å². The number of nitrogens with two attached hydrogens (primary N) is 1. The first-order valence-corrected chi connectivity index (χ1v) is 6.82. The summed E-state index contributed by atoms with van der Waals surface area (Å²) in [6.45, 7) is 1.72. The molecule has 0 spiro atoms. The summed E-state index contributed by atoms with van der Waals surface area (Å²) in [5, 5.41) is 0. The molecule has 2 rings (SSSR count). The Morgan fingerprint density at radius 1 is 1.00 bits per heavy atom. The quantitative estimate of drug-likeness (QED) is 0.692. The van der Waals surface area contributed by atoms with Gasteiger partial charge in [-0.05, 0) is 25.7 Å². The van der Waals surface area contributed by atoms with Crippen LogP contribution in [0.25, 0.3) is 0 Å². The zero-order valence-electron chi connectivity index (χ0n) is 10.2. The van der Waals surface area contributed by atoms with Crippen LogP contribution in [-0.2, 0) is 4.79 Å². The van der Waals surface area contributed by atoms with E-state index in [-0.39, 0.29) is 6.04 Å². The molecule has 1 saturated heterocycles. The molecule has 2 aliphatic rings. The van der Waals surface area contributed by atoms with E-state index < -0.39 is 0 Å². The SMILES string of the molecule is NC1CCCN(C(=O)C2CCCCCC2)C1. The number of likely N-dealkylation sites (tertiary alicyclic amines) is 1. The number of amides is 1. The molecule has 0 aromatic heterocycles. The minimum Gasteiger partial charge on any atom is -0.341 e. The molecule has 3 heteroatoms. The van der Waals surface area contributed by atoms with Crippen molar-refractivity contribution in [3.8, 4) is 0 Å². The van der Waals surface area contributed by atoms with Gasteiger partial charge in [0.05, 0.1) is 0 Å². The largest absolute Gasteiger partial charge is 0.341 e. The van der Waals surface area contributed by atoms with Gasteiger partial charge in [0.2, 0.25) is 5.91 Å². The molecular formula is C13H24N2O. The van der Waals surface area contributed by atoms with E-state index in [1.54, 1.807) is 0 Å². The van der Waals surface area contributed by atoms with E-state index >= 15 is 0 Å². The van der Waals surface area contributed by atoms with Crippen LogP contribution in [0.1, 0.15) is 51.4 Å². The van der Waals surface area contributed by atoms with E-state index in [1.807, 2.05) is 4.90 Å². The van der Waals surface area contributed by atoms with Gasteiger partial charge in [-0.15, -0.1) is 0 Å². The third kappa shape index (κ3) is 2.97. The van der Waals surface area contributed by atoms with E-state index in [0.717, 1.165) is 38.8 Å². The lowest BCUT2D eigenvalue weighted by Gasteiger charge is -2.33. The second kappa shape index (κ2) is 5.67. The molecule has 0 aromatic rings. The normalized spacial score (nSPS) is 28.8. The molecule has 1 amide bonds. The average Bonchev–Trinajstić information content (AvgIpc) is 2.56. The Hall–Kier alpha value is -0.570. The first-order chi connectivity index (χ1) is 7.77. The Bertz CT molecular complexity index is 230. The first kappa shape index (κ1) is 11.9. The third-order valence-corrected chi connectivity index (χ3v) is 3.97. The topological polar surface area (TPSA) is 46.3 Å². The lowest BCUT2D eigenvalue weighted by atomic mass is 9.96. The van der Waals surface area contributed by atoms with Crippen LogP contribution in [0, 0.1) is 5.92 Å². The lowest BCUT2D eigenvalue weighted by molar-refractivity contribution is -0.137. The van der Waals surface area contributed by atoms with Gasteiger partial charge in [0.15, 0.2) is 0 Å². The number of hydrogen-bond acceptors (Lipinski definition) is 2. The average molecular weight is 224 g/mol. The van der Waals surface area contributed by atoms with E-state index in [1.165, 1.54) is 25.7 Å². The minimum atomic E-state index is 0.212. The highest BCUT2D eigenvalue weighted by Gasteiger charge is 2.27. The summed E-state index contributed by atoms with van der Waals surface area (Å²) in [6.07, 6.45) is 9.45. The summed E-state index contributed by atoms with van der Waals surface area (Å²) >= 11 is 0. The first-order valence-electron chi connectivity index (χ1n) is 6.82. The molecule has 1 aliphatic carbocycles. The van der Waals surface area contributed by atoms with Gasteiger partial charge >= 0.3 is 0 Å². The molecule has 16 heavy (non-hydrogen) atoms. The van der Waals surface area contributed by atoms with Gasteiger partial charge < -0.3 is 10.6 Å². The Labute approximate surface area is 98.4 Å². The van der Waals surface area contributed by atoms with E-state index in [4.69, 9.17) is 5.73 Å². The molecule has 2 N–H and O–H groups in total. The molecule has 0 bridgehead atoms. The molecule has 1 saturated carbocycles. The fraction of sp³-hybridized carbons (Fsp3) is 0.923. The van der Waals surface area contributed by atoms with Crippen LogP contribution in [0.3, 0.4) is 0 Å². The van der Waals surface area contributed by atoms with E-state index in [2.05, 4.69) is 0 Å². The molecule has 0 aromatic carbocycles. The van der Waals surface area contributed by atoms with Crippen molar-refractivity contribution in [3.63, 3.8) is 0 Å². The van der Waals surface area contributed by atoms with Gasteiger partial charge in [-0.3, -0.25) is 4.79 Å². The van der Waals surface area contributed by atoms with E-state index in [9.17, 15) is 4.79 Å². The monoisotopic (exact) mass is 224 g/mol. The minimum absolute atomic E-state index is 0.212. The molecule has 2 fully saturated rings. The Balaban J connectivity index is 1.89. The summed E-state index contributed by atoms with van der Waals surface area (Å²) in [5.74, 6) is 0.685. The highest BCUT2D eigenvalue weighted by atomic mass is 16.2. The van der Waals surface area contributed by atoms with Gasteiger partial charge in [0.25, 0.3) is 0 Å². The highest BCUT2D eigenvalue weighted by Crippen LogP contribution is 2.25. The van der Waals surface area contributed by atoms with Crippen molar-refractivity contribution in [3.05, 3.63) is 0 Å². The van der Waals surface area contributed by atoms with Crippen LogP contribution >= 0.6 is 0 Å². The molecule has 1 unspecified atom stereocenters. The molecule has 0 radical (unpaired) electrons. The van der Waals surface area contributed by atoms with Crippen molar-refractivity contribution >= 4 is 5.91 Å². The number of hydrogen-bond donors (Lipinski definition) is 1. The zero-order valence-corrected chi connectivity index (χ0v) is 10.2.